The molecule has 4 nitrogen and oxygen atoms in total. The molecule has 21 heavy (non-hydrogen) atoms. The minimum atomic E-state index is -5.54. The average Bonchev–Trinajstić information content (AvgIpc) is 2.64. The second kappa shape index (κ2) is 5.99. The third-order valence-corrected chi connectivity index (χ3v) is 3.68. The largest absolute Gasteiger partial charge is 0.423 e. The van der Waals surface area contributed by atoms with Crippen LogP contribution in [-0.4, -0.2) is 36.5 Å². The monoisotopic (exact) mass is 322 g/mol. The number of halogens is 6. The molecule has 124 valence electrons. The fraction of sp³-hybridized carbons (Fsp3) is 0.909. The van der Waals surface area contributed by atoms with Crippen LogP contribution >= 0.6 is 0 Å². The van der Waals surface area contributed by atoms with Gasteiger partial charge < -0.3 is 16.2 Å². The van der Waals surface area contributed by atoms with Gasteiger partial charge in [-0.2, -0.15) is 26.3 Å². The van der Waals surface area contributed by atoms with Crippen LogP contribution in [0.15, 0.2) is 0 Å². The third kappa shape index (κ3) is 4.22. The molecule has 10 heteroatoms. The number of carbonyl (C=O) groups excluding carboxylic acids is 1. The summed E-state index contributed by atoms with van der Waals surface area (Å²) in [7, 11) is 0. The lowest BCUT2D eigenvalue weighted by Gasteiger charge is -2.29. The molecule has 0 radical (unpaired) electrons. The lowest BCUT2D eigenvalue weighted by atomic mass is 9.85. The number of nitrogens with two attached hydrogens (primary N) is 2. The number of hydrogen-bond acceptors (Lipinski definition) is 3. The number of ether oxygens (including phenoxy) is 1. The number of primary amides is 1. The van der Waals surface area contributed by atoms with Crippen molar-refractivity contribution in [3.63, 3.8) is 0 Å². The van der Waals surface area contributed by atoms with Gasteiger partial charge in [0.1, 0.15) is 0 Å². The summed E-state index contributed by atoms with van der Waals surface area (Å²) < 4.78 is 77.5. The highest BCUT2D eigenvalue weighted by Crippen LogP contribution is 2.38. The molecule has 4 N–H and O–H groups in total. The van der Waals surface area contributed by atoms with Crippen molar-refractivity contribution in [1.29, 1.82) is 0 Å². The summed E-state index contributed by atoms with van der Waals surface area (Å²) in [4.78, 5) is 11.2. The minimum Gasteiger partial charge on any atom is -0.368 e. The second-order valence-corrected chi connectivity index (χ2v) is 5.12. The van der Waals surface area contributed by atoms with Crippen molar-refractivity contribution in [3.05, 3.63) is 0 Å². The van der Waals surface area contributed by atoms with Crippen LogP contribution in [0.3, 0.4) is 0 Å². The maximum absolute atomic E-state index is 12.3. The number of carbonyl (C=O) groups is 1. The van der Waals surface area contributed by atoms with E-state index in [2.05, 4.69) is 4.74 Å². The predicted octanol–water partition coefficient (Wildman–Crippen LogP) is 1.87. The Morgan fingerprint density at radius 2 is 1.76 bits per heavy atom. The van der Waals surface area contributed by atoms with Crippen LogP contribution in [0.25, 0.3) is 0 Å². The normalized spacial score (nSPS) is 27.3. The van der Waals surface area contributed by atoms with Gasteiger partial charge in [-0.3, -0.25) is 4.79 Å². The molecular weight excluding hydrogens is 306 g/mol. The second-order valence-electron chi connectivity index (χ2n) is 5.12. The van der Waals surface area contributed by atoms with Crippen molar-refractivity contribution in [2.45, 2.75) is 49.7 Å². The molecule has 2 atom stereocenters. The zero-order valence-electron chi connectivity index (χ0n) is 10.9. The van der Waals surface area contributed by atoms with Gasteiger partial charge in [0.15, 0.2) is 0 Å². The van der Waals surface area contributed by atoms with Crippen LogP contribution in [0.2, 0.25) is 0 Å². The summed E-state index contributed by atoms with van der Waals surface area (Å²) >= 11 is 0. The molecule has 0 aromatic rings. The summed E-state index contributed by atoms with van der Waals surface area (Å²) in [5.74, 6) is -1.40. The molecule has 1 amide bonds. The van der Waals surface area contributed by atoms with E-state index < -0.39 is 42.4 Å². The first-order valence-corrected chi connectivity index (χ1v) is 6.23. The highest BCUT2D eigenvalue weighted by atomic mass is 19.4. The van der Waals surface area contributed by atoms with Gasteiger partial charge in [0.05, 0.1) is 5.54 Å². The summed E-state index contributed by atoms with van der Waals surface area (Å²) in [5.41, 5.74) is 9.49. The van der Waals surface area contributed by atoms with Gasteiger partial charge in [-0.25, -0.2) is 0 Å². The molecule has 0 spiro atoms. The summed E-state index contributed by atoms with van der Waals surface area (Å²) in [6, 6.07) is 0. The Hall–Kier alpha value is -1.03. The van der Waals surface area contributed by atoms with E-state index in [1.165, 1.54) is 0 Å². The summed E-state index contributed by atoms with van der Waals surface area (Å²) in [6.07, 6.45) is -13.9. The van der Waals surface area contributed by atoms with Gasteiger partial charge in [0, 0.05) is 6.61 Å². The molecule has 2 unspecified atom stereocenters. The number of rotatable bonds is 5. The molecule has 1 aliphatic rings. The van der Waals surface area contributed by atoms with Crippen LogP contribution in [0.1, 0.15) is 25.7 Å². The van der Waals surface area contributed by atoms with E-state index >= 15 is 0 Å². The van der Waals surface area contributed by atoms with E-state index in [1.54, 1.807) is 0 Å². The highest BCUT2D eigenvalue weighted by molar-refractivity contribution is 5.85. The standard InChI is InChI=1S/C11H16F6N2O2/c12-10(13,14)7(11(15,16)17)21-5-3-6-2-1-4-9(6,19)8(18)20/h6-7H,1-5,19H2,(H2,18,20). The van der Waals surface area contributed by atoms with Crippen molar-refractivity contribution in [3.8, 4) is 0 Å². The zero-order valence-corrected chi connectivity index (χ0v) is 10.9. The number of amides is 1. The molecule has 1 aliphatic carbocycles. The summed E-state index contributed by atoms with van der Waals surface area (Å²) in [5, 5.41) is 0. The predicted molar refractivity (Wildman–Crippen MR) is 59.9 cm³/mol. The molecule has 1 rings (SSSR count). The van der Waals surface area contributed by atoms with Crippen LogP contribution in [0.4, 0.5) is 26.3 Å². The van der Waals surface area contributed by atoms with Gasteiger partial charge in [0.2, 0.25) is 12.0 Å². The Morgan fingerprint density at radius 3 is 2.19 bits per heavy atom. The Kier molecular flexibility index (Phi) is 5.14. The van der Waals surface area contributed by atoms with Gasteiger partial charge >= 0.3 is 12.4 Å². The molecule has 0 aromatic carbocycles. The Labute approximate surface area is 116 Å². The average molecular weight is 322 g/mol. The van der Waals surface area contributed by atoms with E-state index in [4.69, 9.17) is 11.5 Å². The van der Waals surface area contributed by atoms with Crippen LogP contribution in [0, 0.1) is 5.92 Å². The van der Waals surface area contributed by atoms with Crippen LogP contribution < -0.4 is 11.5 Å². The van der Waals surface area contributed by atoms with E-state index in [1.807, 2.05) is 0 Å². The Bertz CT molecular complexity index is 370. The first-order valence-electron chi connectivity index (χ1n) is 6.23. The fourth-order valence-corrected chi connectivity index (χ4v) is 2.53. The zero-order chi connectivity index (χ0) is 16.5. The number of hydrogen-bond donors (Lipinski definition) is 2. The molecular formula is C11H16F6N2O2. The molecule has 0 aliphatic heterocycles. The first kappa shape index (κ1) is 18.0. The maximum Gasteiger partial charge on any atom is 0.423 e. The van der Waals surface area contributed by atoms with Crippen molar-refractivity contribution in [2.24, 2.45) is 17.4 Å². The van der Waals surface area contributed by atoms with Gasteiger partial charge in [-0.05, 0) is 25.2 Å². The molecule has 0 aromatic heterocycles. The van der Waals surface area contributed by atoms with Gasteiger partial charge in [0.25, 0.3) is 0 Å². The summed E-state index contributed by atoms with van der Waals surface area (Å²) in [6.45, 7) is -0.805. The van der Waals surface area contributed by atoms with E-state index in [9.17, 15) is 31.1 Å². The van der Waals surface area contributed by atoms with Gasteiger partial charge in [-0.1, -0.05) is 6.42 Å². The molecule has 0 heterocycles. The van der Waals surface area contributed by atoms with Gasteiger partial charge in [-0.15, -0.1) is 0 Å². The molecule has 0 bridgehead atoms. The number of alkyl halides is 6. The maximum atomic E-state index is 12.3. The lowest BCUT2D eigenvalue weighted by molar-refractivity contribution is -0.322. The fourth-order valence-electron chi connectivity index (χ4n) is 2.53. The molecule has 0 saturated heterocycles. The first-order chi connectivity index (χ1) is 9.39. The van der Waals surface area contributed by atoms with Crippen molar-refractivity contribution >= 4 is 5.91 Å². The van der Waals surface area contributed by atoms with Crippen molar-refractivity contribution in [1.82, 2.24) is 0 Å². The molecule has 1 saturated carbocycles. The minimum absolute atomic E-state index is 0.192. The highest BCUT2D eigenvalue weighted by Gasteiger charge is 2.58. The SMILES string of the molecule is NC(=O)C1(N)CCCC1CCOC(C(F)(F)F)C(F)(F)F. The van der Waals surface area contributed by atoms with E-state index in [0.29, 0.717) is 12.8 Å². The van der Waals surface area contributed by atoms with E-state index in [0.717, 1.165) is 0 Å². The van der Waals surface area contributed by atoms with Crippen LogP contribution in [0.5, 0.6) is 0 Å². The lowest BCUT2D eigenvalue weighted by Crippen LogP contribution is -2.55. The third-order valence-electron chi connectivity index (χ3n) is 3.68. The van der Waals surface area contributed by atoms with Crippen molar-refractivity contribution < 1.29 is 35.9 Å². The van der Waals surface area contributed by atoms with Crippen molar-refractivity contribution in [2.75, 3.05) is 6.61 Å². The Morgan fingerprint density at radius 1 is 1.24 bits per heavy atom. The topological polar surface area (TPSA) is 78.3 Å². The quantitative estimate of drug-likeness (QED) is 0.759. The molecule has 1 fully saturated rings. The smallest absolute Gasteiger partial charge is 0.368 e. The van der Waals surface area contributed by atoms with Crippen LogP contribution in [-0.2, 0) is 9.53 Å². The van der Waals surface area contributed by atoms with E-state index in [-0.39, 0.29) is 12.8 Å². The Balaban J connectivity index is 2.61.